The lowest BCUT2D eigenvalue weighted by molar-refractivity contribution is 0.434. The highest BCUT2D eigenvalue weighted by molar-refractivity contribution is 5.66. The minimum absolute atomic E-state index is 0.0124. The first-order valence-electron chi connectivity index (χ1n) is 16.7. The molecular formula is C45H36. The third-order valence-electron chi connectivity index (χ3n) is 12.7. The van der Waals surface area contributed by atoms with E-state index in [1.54, 1.807) is 0 Å². The Labute approximate surface area is 266 Å². The zero-order valence-corrected chi connectivity index (χ0v) is 25.3. The molecule has 0 spiro atoms. The van der Waals surface area contributed by atoms with E-state index in [-0.39, 0.29) is 16.2 Å². The van der Waals surface area contributed by atoms with Gasteiger partial charge < -0.3 is 0 Å². The third kappa shape index (κ3) is 3.08. The predicted molar refractivity (Wildman–Crippen MR) is 182 cm³/mol. The largest absolute Gasteiger partial charge is 0.0622 e. The molecule has 0 N–H and O–H groups in total. The Morgan fingerprint density at radius 3 is 0.467 bits per heavy atom. The molecule has 0 aliphatic heterocycles. The molecule has 216 valence electrons. The van der Waals surface area contributed by atoms with Gasteiger partial charge in [0.05, 0.1) is 0 Å². The Morgan fingerprint density at radius 2 is 0.333 bits per heavy atom. The van der Waals surface area contributed by atoms with Crippen molar-refractivity contribution in [2.24, 2.45) is 35.5 Å². The molecular weight excluding hydrogens is 540 g/mol. The maximum Gasteiger partial charge on any atom is 0.0271 e. The van der Waals surface area contributed by atoms with Gasteiger partial charge in [0.2, 0.25) is 0 Å². The van der Waals surface area contributed by atoms with Crippen LogP contribution in [0.3, 0.4) is 0 Å². The molecule has 0 nitrogen and oxygen atoms in total. The van der Waals surface area contributed by atoms with E-state index in [1.165, 1.54) is 33.4 Å². The molecule has 0 radical (unpaired) electrons. The van der Waals surface area contributed by atoms with Crippen LogP contribution in [0.2, 0.25) is 0 Å². The zero-order valence-electron chi connectivity index (χ0n) is 25.3. The van der Waals surface area contributed by atoms with Crippen LogP contribution in [-0.4, -0.2) is 0 Å². The van der Waals surface area contributed by atoms with Crippen LogP contribution < -0.4 is 0 Å². The lowest BCUT2D eigenvalue weighted by atomic mass is 9.79. The number of fused-ring (bicyclic) bond motifs is 6. The Balaban J connectivity index is 1.30. The van der Waals surface area contributed by atoms with Gasteiger partial charge in [0, 0.05) is 16.2 Å². The fraction of sp³-hybridized carbons (Fsp3) is 0.200. The Hall–Kier alpha value is -4.68. The van der Waals surface area contributed by atoms with Gasteiger partial charge >= 0.3 is 0 Å². The normalized spacial score (nSPS) is 28.5. The summed E-state index contributed by atoms with van der Waals surface area (Å²) in [5, 5.41) is 0. The third-order valence-corrected chi connectivity index (χ3v) is 12.7. The molecule has 0 saturated heterocycles. The lowest BCUT2D eigenvalue weighted by Gasteiger charge is -2.24. The quantitative estimate of drug-likeness (QED) is 0.185. The molecule has 4 aliphatic carbocycles. The Bertz CT molecular complexity index is 1570. The second-order valence-electron chi connectivity index (χ2n) is 14.0. The summed E-state index contributed by atoms with van der Waals surface area (Å²) in [6, 6.07) is 69.5. The van der Waals surface area contributed by atoms with Crippen molar-refractivity contribution in [3.63, 3.8) is 0 Å². The van der Waals surface area contributed by atoms with Gasteiger partial charge in [-0.2, -0.15) is 0 Å². The van der Waals surface area contributed by atoms with E-state index >= 15 is 0 Å². The minimum Gasteiger partial charge on any atom is -0.0622 e. The van der Waals surface area contributed by atoms with E-state index in [0.29, 0.717) is 35.5 Å². The molecule has 4 saturated carbocycles. The van der Waals surface area contributed by atoms with Crippen molar-refractivity contribution in [2.45, 2.75) is 16.2 Å². The average molecular weight is 577 g/mol. The number of hydrogen-bond donors (Lipinski definition) is 0. The van der Waals surface area contributed by atoms with Gasteiger partial charge in [-0.15, -0.1) is 0 Å². The van der Waals surface area contributed by atoms with Crippen LogP contribution in [0.15, 0.2) is 182 Å². The maximum atomic E-state index is 2.43. The number of hydrogen-bond acceptors (Lipinski definition) is 0. The first kappa shape index (κ1) is 25.6. The van der Waals surface area contributed by atoms with E-state index < -0.39 is 0 Å². The van der Waals surface area contributed by atoms with Crippen molar-refractivity contribution >= 4 is 0 Å². The van der Waals surface area contributed by atoms with Crippen LogP contribution in [0.25, 0.3) is 0 Å². The summed E-state index contributed by atoms with van der Waals surface area (Å²) in [6.45, 7) is 0. The SMILES string of the molecule is c1ccc(C2(c3ccccc3)C3C4C(C5C(C32)C5(c2ccccc2)c2ccccc2)C4(c2ccccc2)c2ccccc2)cc1. The fourth-order valence-corrected chi connectivity index (χ4v) is 11.5. The summed E-state index contributed by atoms with van der Waals surface area (Å²) >= 11 is 0. The molecule has 0 heteroatoms. The molecule has 6 aromatic rings. The molecule has 10 rings (SSSR count). The summed E-state index contributed by atoms with van der Waals surface area (Å²) in [6.07, 6.45) is 0. The summed E-state index contributed by atoms with van der Waals surface area (Å²) in [5.41, 5.74) is 8.93. The molecule has 0 unspecified atom stereocenters. The van der Waals surface area contributed by atoms with Gasteiger partial charge in [-0.3, -0.25) is 0 Å². The van der Waals surface area contributed by atoms with E-state index in [1.807, 2.05) is 0 Å². The standard InChI is InChI=1S/C45H36/c1-7-19-31(20-8-1)43(32-21-9-2-10-22-32)37-38(43)40-42(45(40,35-27-15-5-16-28-35)36-29-17-6-18-30-36)41-39(37)44(41,33-23-11-3-12-24-33)34-25-13-4-14-26-34/h1-30,37-42H. The molecule has 4 aliphatic rings. The van der Waals surface area contributed by atoms with E-state index in [0.717, 1.165) is 0 Å². The van der Waals surface area contributed by atoms with Gasteiger partial charge in [0.25, 0.3) is 0 Å². The molecule has 0 amide bonds. The summed E-state index contributed by atoms with van der Waals surface area (Å²) in [5.74, 6) is 3.35. The minimum atomic E-state index is -0.0124. The van der Waals surface area contributed by atoms with Gasteiger partial charge in [0.15, 0.2) is 0 Å². The molecule has 0 bridgehead atoms. The molecule has 0 atom stereocenters. The zero-order chi connectivity index (χ0) is 29.6. The number of rotatable bonds is 6. The van der Waals surface area contributed by atoms with Crippen molar-refractivity contribution in [2.75, 3.05) is 0 Å². The predicted octanol–water partition coefficient (Wildman–Crippen LogP) is 9.70. The van der Waals surface area contributed by atoms with Crippen LogP contribution in [0.1, 0.15) is 33.4 Å². The topological polar surface area (TPSA) is 0 Å². The van der Waals surface area contributed by atoms with Crippen LogP contribution in [0.4, 0.5) is 0 Å². The van der Waals surface area contributed by atoms with E-state index in [4.69, 9.17) is 0 Å². The Kier molecular flexibility index (Phi) is 5.23. The molecule has 4 fully saturated rings. The first-order valence-corrected chi connectivity index (χ1v) is 16.7. The Morgan fingerprint density at radius 1 is 0.200 bits per heavy atom. The summed E-state index contributed by atoms with van der Waals surface area (Å²) in [4.78, 5) is 0. The van der Waals surface area contributed by atoms with Crippen molar-refractivity contribution in [1.82, 2.24) is 0 Å². The van der Waals surface area contributed by atoms with Crippen LogP contribution in [0, 0.1) is 35.5 Å². The van der Waals surface area contributed by atoms with Crippen LogP contribution in [-0.2, 0) is 16.2 Å². The highest BCUT2D eigenvalue weighted by Gasteiger charge is 2.95. The van der Waals surface area contributed by atoms with Crippen molar-refractivity contribution in [1.29, 1.82) is 0 Å². The van der Waals surface area contributed by atoms with Gasteiger partial charge in [-0.05, 0) is 68.9 Å². The first-order chi connectivity index (χ1) is 22.4. The molecule has 45 heavy (non-hydrogen) atoms. The van der Waals surface area contributed by atoms with Crippen LogP contribution >= 0.6 is 0 Å². The molecule has 6 aromatic carbocycles. The fourth-order valence-electron chi connectivity index (χ4n) is 11.5. The average Bonchev–Trinajstić information content (AvgIpc) is 4.06. The van der Waals surface area contributed by atoms with Crippen molar-refractivity contribution in [3.05, 3.63) is 215 Å². The summed E-state index contributed by atoms with van der Waals surface area (Å²) < 4.78 is 0. The van der Waals surface area contributed by atoms with Gasteiger partial charge in [-0.25, -0.2) is 0 Å². The van der Waals surface area contributed by atoms with Gasteiger partial charge in [-0.1, -0.05) is 182 Å². The molecule has 0 aromatic heterocycles. The highest BCUT2D eigenvalue weighted by atomic mass is 15.0. The lowest BCUT2D eigenvalue weighted by Crippen LogP contribution is -2.19. The van der Waals surface area contributed by atoms with Crippen LogP contribution in [0.5, 0.6) is 0 Å². The van der Waals surface area contributed by atoms with Gasteiger partial charge in [0.1, 0.15) is 0 Å². The van der Waals surface area contributed by atoms with Crippen molar-refractivity contribution in [3.8, 4) is 0 Å². The van der Waals surface area contributed by atoms with E-state index in [9.17, 15) is 0 Å². The van der Waals surface area contributed by atoms with E-state index in [2.05, 4.69) is 182 Å². The smallest absolute Gasteiger partial charge is 0.0271 e. The maximum absolute atomic E-state index is 2.43. The monoisotopic (exact) mass is 576 g/mol. The summed E-state index contributed by atoms with van der Waals surface area (Å²) in [7, 11) is 0. The number of benzene rings is 6. The highest BCUT2D eigenvalue weighted by Crippen LogP contribution is 2.95. The molecule has 0 heterocycles. The second kappa shape index (κ2) is 9.18. The second-order valence-corrected chi connectivity index (χ2v) is 14.0. The van der Waals surface area contributed by atoms with Crippen molar-refractivity contribution < 1.29 is 0 Å².